The molecule has 3 atom stereocenters. The van der Waals surface area contributed by atoms with Crippen LogP contribution in [0.2, 0.25) is 0 Å². The minimum Gasteiger partial charge on any atom is -0.490 e. The number of likely N-dealkylation sites (tertiary alicyclic amines) is 1. The van der Waals surface area contributed by atoms with Gasteiger partial charge in [-0.15, -0.1) is 11.3 Å². The second-order valence-corrected chi connectivity index (χ2v) is 9.65. The Hall–Kier alpha value is -2.41. The van der Waals surface area contributed by atoms with Crippen molar-refractivity contribution in [3.8, 4) is 5.75 Å². The van der Waals surface area contributed by atoms with E-state index in [-0.39, 0.29) is 6.61 Å². The fraction of sp³-hybridized carbons (Fsp3) is 0.400. The number of thiazole rings is 1. The van der Waals surface area contributed by atoms with E-state index in [2.05, 4.69) is 36.9 Å². The highest BCUT2D eigenvalue weighted by Crippen LogP contribution is 2.36. The van der Waals surface area contributed by atoms with Gasteiger partial charge in [0.05, 0.1) is 26.9 Å². The smallest absolute Gasteiger partial charge is 0.137 e. The predicted octanol–water partition coefficient (Wildman–Crippen LogP) is 5.36. The highest BCUT2D eigenvalue weighted by Gasteiger charge is 2.29. The van der Waals surface area contributed by atoms with Crippen LogP contribution in [0.5, 0.6) is 5.75 Å². The summed E-state index contributed by atoms with van der Waals surface area (Å²) in [5, 5.41) is 12.8. The normalized spacial score (nSPS) is 21.0. The van der Waals surface area contributed by atoms with Crippen LogP contribution in [0.1, 0.15) is 36.3 Å². The van der Waals surface area contributed by atoms with E-state index in [0.717, 1.165) is 41.6 Å². The molecule has 0 amide bonds. The molecule has 0 aliphatic carbocycles. The number of nitrogens with zero attached hydrogens (tertiary/aromatic N) is 2. The molecular weight excluding hydrogens is 408 g/mol. The maximum Gasteiger partial charge on any atom is 0.137 e. The second kappa shape index (κ2) is 8.61. The Balaban J connectivity index is 1.18. The molecule has 2 aromatic carbocycles. The number of para-hydroxylation sites is 1. The number of hydrogen-bond acceptors (Lipinski definition) is 6. The number of furan rings is 1. The highest BCUT2D eigenvalue weighted by molar-refractivity contribution is 7.18. The van der Waals surface area contributed by atoms with Gasteiger partial charge in [-0.1, -0.05) is 18.2 Å². The topological polar surface area (TPSA) is 58.7 Å². The van der Waals surface area contributed by atoms with Crippen LogP contribution in [0.4, 0.5) is 0 Å². The number of fused-ring (bicyclic) bond motifs is 2. The third kappa shape index (κ3) is 4.20. The fourth-order valence-electron chi connectivity index (χ4n) is 4.60. The molecule has 31 heavy (non-hydrogen) atoms. The van der Waals surface area contributed by atoms with Crippen LogP contribution in [-0.2, 0) is 0 Å². The van der Waals surface area contributed by atoms with Crippen LogP contribution in [0.25, 0.3) is 21.2 Å². The number of aryl methyl sites for hydroxylation is 1. The molecule has 1 aliphatic rings. The number of hydrogen-bond donors (Lipinski definition) is 1. The van der Waals surface area contributed by atoms with E-state index in [0.29, 0.717) is 18.5 Å². The lowest BCUT2D eigenvalue weighted by Gasteiger charge is -2.38. The van der Waals surface area contributed by atoms with Gasteiger partial charge in [-0.25, -0.2) is 4.98 Å². The van der Waals surface area contributed by atoms with Gasteiger partial charge in [0.15, 0.2) is 0 Å². The van der Waals surface area contributed by atoms with Gasteiger partial charge in [0.25, 0.3) is 0 Å². The van der Waals surface area contributed by atoms with Crippen LogP contribution in [-0.4, -0.2) is 46.8 Å². The molecule has 0 bridgehead atoms. The zero-order valence-electron chi connectivity index (χ0n) is 18.0. The van der Waals surface area contributed by atoms with Gasteiger partial charge in [0.2, 0.25) is 0 Å². The monoisotopic (exact) mass is 436 g/mol. The van der Waals surface area contributed by atoms with Gasteiger partial charge in [0, 0.05) is 18.5 Å². The van der Waals surface area contributed by atoms with Gasteiger partial charge in [0.1, 0.15) is 24.0 Å². The molecule has 1 N–H and O–H groups in total. The van der Waals surface area contributed by atoms with Crippen molar-refractivity contribution in [2.24, 2.45) is 0 Å². The standard InChI is InChI=1S/C25H28N2O3S/c1-16-5-3-8-23-24(16)26-25(31-23)18-9-11-27(17(2)13-18)14-19(28)15-30-22-7-4-6-21-20(22)10-12-29-21/h3-8,10,12,17-19,28H,9,11,13-15H2,1-2H3/t17-,18-,19+/m1/s1. The van der Waals surface area contributed by atoms with E-state index in [4.69, 9.17) is 14.1 Å². The summed E-state index contributed by atoms with van der Waals surface area (Å²) >= 11 is 1.84. The second-order valence-electron chi connectivity index (χ2n) is 8.59. The molecule has 0 unspecified atom stereocenters. The molecule has 1 saturated heterocycles. The molecule has 5 nitrogen and oxygen atoms in total. The zero-order valence-corrected chi connectivity index (χ0v) is 18.8. The lowest BCUT2D eigenvalue weighted by Crippen LogP contribution is -2.45. The van der Waals surface area contributed by atoms with Crippen molar-refractivity contribution in [2.45, 2.75) is 44.8 Å². The number of rotatable bonds is 6. The van der Waals surface area contributed by atoms with Crippen LogP contribution in [0.15, 0.2) is 53.1 Å². The molecule has 3 heterocycles. The van der Waals surface area contributed by atoms with Gasteiger partial charge in [-0.3, -0.25) is 4.90 Å². The molecule has 6 heteroatoms. The number of β-amino-alcohol motifs (C(OH)–C–C–N with tert-alkyl or cyclic N) is 1. The number of piperidine rings is 1. The zero-order chi connectivity index (χ0) is 21.4. The number of benzene rings is 2. The molecule has 2 aromatic heterocycles. The first-order valence-corrected chi connectivity index (χ1v) is 11.8. The molecule has 1 aliphatic heterocycles. The van der Waals surface area contributed by atoms with Crippen molar-refractivity contribution in [3.63, 3.8) is 0 Å². The first-order valence-electron chi connectivity index (χ1n) is 11.0. The van der Waals surface area contributed by atoms with Crippen molar-refractivity contribution in [3.05, 3.63) is 59.3 Å². The maximum atomic E-state index is 10.6. The summed E-state index contributed by atoms with van der Waals surface area (Å²) in [6.45, 7) is 6.25. The SMILES string of the molecule is Cc1cccc2sc([C@@H]3CCN(C[C@H](O)COc4cccc5occc45)[C@H](C)C3)nc12. The Morgan fingerprint density at radius 2 is 2.13 bits per heavy atom. The largest absolute Gasteiger partial charge is 0.490 e. The summed E-state index contributed by atoms with van der Waals surface area (Å²) in [4.78, 5) is 7.34. The molecule has 0 saturated carbocycles. The van der Waals surface area contributed by atoms with Crippen LogP contribution < -0.4 is 4.74 Å². The maximum absolute atomic E-state index is 10.6. The molecular formula is C25H28N2O3S. The van der Waals surface area contributed by atoms with Crippen molar-refractivity contribution in [2.75, 3.05) is 19.7 Å². The average molecular weight is 437 g/mol. The molecule has 4 aromatic rings. The minimum atomic E-state index is -0.536. The number of aromatic nitrogens is 1. The van der Waals surface area contributed by atoms with Crippen LogP contribution in [0, 0.1) is 6.92 Å². The molecule has 1 fully saturated rings. The number of ether oxygens (including phenoxy) is 1. The lowest BCUT2D eigenvalue weighted by atomic mass is 9.92. The number of aliphatic hydroxyl groups is 1. The Labute approximate surface area is 186 Å². The van der Waals surface area contributed by atoms with E-state index in [1.165, 1.54) is 15.3 Å². The summed E-state index contributed by atoms with van der Waals surface area (Å²) in [5.74, 6) is 1.25. The Bertz CT molecular complexity index is 1180. The summed E-state index contributed by atoms with van der Waals surface area (Å²) in [7, 11) is 0. The fourth-order valence-corrected chi connectivity index (χ4v) is 5.79. The quantitative estimate of drug-likeness (QED) is 0.441. The van der Waals surface area contributed by atoms with E-state index in [9.17, 15) is 5.11 Å². The third-order valence-electron chi connectivity index (χ3n) is 6.33. The Kier molecular flexibility index (Phi) is 5.69. The average Bonchev–Trinajstić information content (AvgIpc) is 3.41. The van der Waals surface area contributed by atoms with Gasteiger partial charge in [-0.2, -0.15) is 0 Å². The van der Waals surface area contributed by atoms with Crippen LogP contribution in [0.3, 0.4) is 0 Å². The van der Waals surface area contributed by atoms with E-state index >= 15 is 0 Å². The minimum absolute atomic E-state index is 0.272. The summed E-state index contributed by atoms with van der Waals surface area (Å²) < 4.78 is 12.6. The van der Waals surface area contributed by atoms with Crippen LogP contribution >= 0.6 is 11.3 Å². The van der Waals surface area contributed by atoms with E-state index in [1.54, 1.807) is 6.26 Å². The lowest BCUT2D eigenvalue weighted by molar-refractivity contribution is 0.0405. The first-order chi connectivity index (χ1) is 15.1. The molecule has 5 rings (SSSR count). The third-order valence-corrected chi connectivity index (χ3v) is 7.52. The first kappa shape index (κ1) is 20.5. The molecule has 0 spiro atoms. The Morgan fingerprint density at radius 3 is 2.97 bits per heavy atom. The van der Waals surface area contributed by atoms with Crippen molar-refractivity contribution < 1.29 is 14.3 Å². The molecule has 162 valence electrons. The summed E-state index contributed by atoms with van der Waals surface area (Å²) in [5.41, 5.74) is 3.20. The van der Waals surface area contributed by atoms with E-state index < -0.39 is 6.10 Å². The van der Waals surface area contributed by atoms with Gasteiger partial charge in [-0.05, 0) is 63.1 Å². The van der Waals surface area contributed by atoms with E-state index in [1.807, 2.05) is 35.6 Å². The molecule has 0 radical (unpaired) electrons. The highest BCUT2D eigenvalue weighted by atomic mass is 32.1. The Morgan fingerprint density at radius 1 is 1.26 bits per heavy atom. The number of aliphatic hydroxyl groups excluding tert-OH is 1. The van der Waals surface area contributed by atoms with Gasteiger partial charge >= 0.3 is 0 Å². The van der Waals surface area contributed by atoms with Gasteiger partial charge < -0.3 is 14.3 Å². The summed E-state index contributed by atoms with van der Waals surface area (Å²) in [6, 6.07) is 14.4. The van der Waals surface area contributed by atoms with Crippen molar-refractivity contribution in [1.29, 1.82) is 0 Å². The summed E-state index contributed by atoms with van der Waals surface area (Å²) in [6.07, 6.45) is 3.27. The predicted molar refractivity (Wildman–Crippen MR) is 125 cm³/mol. The van der Waals surface area contributed by atoms with Crippen molar-refractivity contribution in [1.82, 2.24) is 9.88 Å². The van der Waals surface area contributed by atoms with Crippen molar-refractivity contribution >= 4 is 32.5 Å².